The van der Waals surface area contributed by atoms with Crippen LogP contribution < -0.4 is 15.0 Å². The quantitative estimate of drug-likeness (QED) is 0.378. The number of aromatic nitrogens is 1. The van der Waals surface area contributed by atoms with Crippen LogP contribution in [0.4, 0.5) is 5.69 Å². The Balaban J connectivity index is 1.74. The second kappa shape index (κ2) is 8.57. The molecule has 6 nitrogen and oxygen atoms in total. The molecule has 4 rings (SSSR count). The van der Waals surface area contributed by atoms with E-state index >= 15 is 0 Å². The van der Waals surface area contributed by atoms with Gasteiger partial charge in [-0.25, -0.2) is 0 Å². The average Bonchev–Trinajstić information content (AvgIpc) is 3.25. The fourth-order valence-electron chi connectivity index (χ4n) is 3.54. The molecule has 2 heterocycles. The van der Waals surface area contributed by atoms with Crippen LogP contribution in [-0.2, 0) is 16.0 Å². The summed E-state index contributed by atoms with van der Waals surface area (Å²) in [6.45, 7) is 2.01. The Labute approximate surface area is 185 Å². The van der Waals surface area contributed by atoms with Crippen LogP contribution >= 0.6 is 12.2 Å². The predicted molar refractivity (Wildman–Crippen MR) is 124 cm³/mol. The van der Waals surface area contributed by atoms with Crippen molar-refractivity contribution in [3.05, 3.63) is 83.7 Å². The first-order valence-electron chi connectivity index (χ1n) is 9.84. The highest BCUT2D eigenvalue weighted by atomic mass is 32.1. The average molecular weight is 432 g/mol. The molecule has 2 aromatic carbocycles. The number of carbonyl (C=O) groups is 2. The van der Waals surface area contributed by atoms with Crippen molar-refractivity contribution in [3.63, 3.8) is 0 Å². The zero-order valence-electron chi connectivity index (χ0n) is 17.2. The number of hydrogen-bond donors (Lipinski definition) is 1. The van der Waals surface area contributed by atoms with E-state index in [9.17, 15) is 9.59 Å². The summed E-state index contributed by atoms with van der Waals surface area (Å²) in [5.74, 6) is -0.212. The number of anilines is 1. The van der Waals surface area contributed by atoms with E-state index < -0.39 is 11.8 Å². The molecule has 0 saturated carbocycles. The lowest BCUT2D eigenvalue weighted by Gasteiger charge is -2.30. The van der Waals surface area contributed by atoms with E-state index in [-0.39, 0.29) is 10.7 Å². The van der Waals surface area contributed by atoms with Gasteiger partial charge in [-0.15, -0.1) is 0 Å². The summed E-state index contributed by atoms with van der Waals surface area (Å²) in [6, 6.07) is 18.8. The van der Waals surface area contributed by atoms with E-state index in [1.54, 1.807) is 13.2 Å². The fourth-order valence-corrected chi connectivity index (χ4v) is 3.82. The van der Waals surface area contributed by atoms with Crippen molar-refractivity contribution >= 4 is 40.9 Å². The second-order valence-corrected chi connectivity index (χ2v) is 7.33. The van der Waals surface area contributed by atoms with Crippen LogP contribution in [0.5, 0.6) is 5.75 Å². The molecule has 1 N–H and O–H groups in total. The first-order chi connectivity index (χ1) is 15.0. The van der Waals surface area contributed by atoms with Gasteiger partial charge >= 0.3 is 0 Å². The van der Waals surface area contributed by atoms with Gasteiger partial charge in [-0.2, -0.15) is 0 Å². The molecule has 0 unspecified atom stereocenters. The lowest BCUT2D eigenvalue weighted by atomic mass is 10.1. The van der Waals surface area contributed by atoms with Gasteiger partial charge in [0.2, 0.25) is 0 Å². The molecule has 1 fully saturated rings. The van der Waals surface area contributed by atoms with Gasteiger partial charge in [0.25, 0.3) is 11.8 Å². The number of carbonyl (C=O) groups excluding carboxylic acids is 2. The number of rotatable bonds is 5. The van der Waals surface area contributed by atoms with Gasteiger partial charge in [0, 0.05) is 17.6 Å². The van der Waals surface area contributed by atoms with E-state index in [0.29, 0.717) is 11.4 Å². The summed E-state index contributed by atoms with van der Waals surface area (Å²) >= 11 is 5.33. The molecule has 0 bridgehead atoms. The van der Waals surface area contributed by atoms with Gasteiger partial charge in [-0.1, -0.05) is 25.1 Å². The third kappa shape index (κ3) is 3.87. The van der Waals surface area contributed by atoms with Crippen LogP contribution in [0.1, 0.15) is 18.2 Å². The molecule has 1 aromatic heterocycles. The number of ether oxygens (including phenoxy) is 1. The summed E-state index contributed by atoms with van der Waals surface area (Å²) in [7, 11) is 1.61. The van der Waals surface area contributed by atoms with E-state index in [1.165, 1.54) is 4.90 Å². The third-order valence-electron chi connectivity index (χ3n) is 5.14. The number of nitrogens with zero attached hydrogens (tertiary/aromatic N) is 2. The largest absolute Gasteiger partial charge is 0.497 e. The first-order valence-corrected chi connectivity index (χ1v) is 10.3. The summed E-state index contributed by atoms with van der Waals surface area (Å²) < 4.78 is 7.11. The second-order valence-electron chi connectivity index (χ2n) is 6.94. The molecule has 156 valence electrons. The maximum atomic E-state index is 13.4. The van der Waals surface area contributed by atoms with E-state index in [2.05, 4.69) is 5.32 Å². The molecule has 0 atom stereocenters. The minimum absolute atomic E-state index is 0.0213. The molecular weight excluding hydrogens is 410 g/mol. The number of amides is 2. The van der Waals surface area contributed by atoms with Crippen LogP contribution in [0.15, 0.2) is 72.4 Å². The maximum absolute atomic E-state index is 13.4. The Bertz CT molecular complexity index is 1190. The minimum atomic E-state index is -0.511. The molecular formula is C24H21N3O3S. The number of benzene rings is 2. The van der Waals surface area contributed by atoms with Gasteiger partial charge in [-0.3, -0.25) is 19.8 Å². The van der Waals surface area contributed by atoms with Gasteiger partial charge in [0.05, 0.1) is 12.8 Å². The highest BCUT2D eigenvalue weighted by molar-refractivity contribution is 7.80. The highest BCUT2D eigenvalue weighted by Gasteiger charge is 2.35. The summed E-state index contributed by atoms with van der Waals surface area (Å²) in [5, 5.41) is 2.73. The molecule has 2 amide bonds. The molecule has 0 aliphatic carbocycles. The van der Waals surface area contributed by atoms with Gasteiger partial charge in [0.15, 0.2) is 5.11 Å². The number of hydrogen-bond acceptors (Lipinski definition) is 4. The zero-order valence-corrected chi connectivity index (χ0v) is 18.0. The van der Waals surface area contributed by atoms with Crippen LogP contribution in [0.25, 0.3) is 11.8 Å². The Morgan fingerprint density at radius 1 is 1.03 bits per heavy atom. The summed E-state index contributed by atoms with van der Waals surface area (Å²) in [4.78, 5) is 27.4. The van der Waals surface area contributed by atoms with Crippen LogP contribution in [0, 0.1) is 0 Å². The van der Waals surface area contributed by atoms with Crippen LogP contribution in [0.2, 0.25) is 0 Å². The van der Waals surface area contributed by atoms with E-state index in [1.807, 2.05) is 78.4 Å². The monoisotopic (exact) mass is 431 g/mol. The fraction of sp³-hybridized carbons (Fsp3) is 0.125. The molecule has 0 spiro atoms. The Kier molecular flexibility index (Phi) is 5.68. The SMILES string of the molecule is CCc1ccccc1N1C(=O)C(=Cc2cccn2-c2ccc(OC)cc2)C(=O)NC1=S. The molecule has 31 heavy (non-hydrogen) atoms. The van der Waals surface area contributed by atoms with Gasteiger partial charge < -0.3 is 9.30 Å². The zero-order chi connectivity index (χ0) is 22.0. The van der Waals surface area contributed by atoms with Crippen molar-refractivity contribution in [2.75, 3.05) is 12.0 Å². The summed E-state index contributed by atoms with van der Waals surface area (Å²) in [6.07, 6.45) is 4.19. The van der Waals surface area contributed by atoms with Gasteiger partial charge in [0.1, 0.15) is 11.3 Å². The lowest BCUT2D eigenvalue weighted by Crippen LogP contribution is -2.54. The number of para-hydroxylation sites is 1. The number of nitrogens with one attached hydrogen (secondary N) is 1. The van der Waals surface area contributed by atoms with E-state index in [4.69, 9.17) is 17.0 Å². The van der Waals surface area contributed by atoms with Crippen molar-refractivity contribution in [2.45, 2.75) is 13.3 Å². The maximum Gasteiger partial charge on any atom is 0.270 e. The standard InChI is InChI=1S/C24H21N3O3S/c1-3-16-7-4-5-9-21(16)27-23(29)20(22(28)25-24(27)31)15-18-8-6-14-26(18)17-10-12-19(30-2)13-11-17/h4-15H,3H2,1-2H3,(H,25,28,31). The molecule has 1 aliphatic heterocycles. The number of thiocarbonyl (C=S) groups is 1. The first kappa shape index (κ1) is 20.6. The predicted octanol–water partition coefficient (Wildman–Crippen LogP) is 3.88. The van der Waals surface area contributed by atoms with Crippen LogP contribution in [-0.4, -0.2) is 28.6 Å². The normalized spacial score (nSPS) is 15.4. The highest BCUT2D eigenvalue weighted by Crippen LogP contribution is 2.26. The Morgan fingerprint density at radius 2 is 1.77 bits per heavy atom. The molecule has 0 radical (unpaired) electrons. The number of aryl methyl sites for hydroxylation is 1. The Morgan fingerprint density at radius 3 is 2.48 bits per heavy atom. The molecule has 1 saturated heterocycles. The van der Waals surface area contributed by atoms with Crippen molar-refractivity contribution in [2.24, 2.45) is 0 Å². The summed E-state index contributed by atoms with van der Waals surface area (Å²) in [5.41, 5.74) is 3.24. The molecule has 7 heteroatoms. The van der Waals surface area contributed by atoms with Crippen molar-refractivity contribution in [1.82, 2.24) is 9.88 Å². The van der Waals surface area contributed by atoms with Crippen LogP contribution in [0.3, 0.4) is 0 Å². The molecule has 1 aliphatic rings. The lowest BCUT2D eigenvalue weighted by molar-refractivity contribution is -0.122. The Hall–Kier alpha value is -3.71. The van der Waals surface area contributed by atoms with Crippen molar-refractivity contribution in [3.8, 4) is 11.4 Å². The van der Waals surface area contributed by atoms with Crippen molar-refractivity contribution < 1.29 is 14.3 Å². The van der Waals surface area contributed by atoms with Gasteiger partial charge in [-0.05, 0) is 72.7 Å². The smallest absolute Gasteiger partial charge is 0.270 e. The van der Waals surface area contributed by atoms with E-state index in [0.717, 1.165) is 23.4 Å². The third-order valence-corrected chi connectivity index (χ3v) is 5.42. The topological polar surface area (TPSA) is 63.6 Å². The molecule has 3 aromatic rings. The van der Waals surface area contributed by atoms with Crippen molar-refractivity contribution in [1.29, 1.82) is 0 Å². The number of methoxy groups -OCH3 is 1. The minimum Gasteiger partial charge on any atom is -0.497 e.